The quantitative estimate of drug-likeness (QED) is 0.514. The number of hydrogen-bond acceptors (Lipinski definition) is 3. The molecule has 150 valence electrons. The van der Waals surface area contributed by atoms with E-state index in [0.29, 0.717) is 13.2 Å². The SMILES string of the molecule is Cl.O=C(O)[C@@H]1CCCN(CCCOC=C(c2ccccc2)c2ccccc2)C1. The number of halogens is 1. The monoisotopic (exact) mass is 401 g/mol. The molecule has 4 nitrogen and oxygen atoms in total. The molecule has 5 heteroatoms. The Morgan fingerprint density at radius 1 is 1.07 bits per heavy atom. The van der Waals surface area contributed by atoms with Crippen LogP contribution in [0.4, 0.5) is 0 Å². The van der Waals surface area contributed by atoms with Gasteiger partial charge in [0, 0.05) is 18.7 Å². The summed E-state index contributed by atoms with van der Waals surface area (Å²) >= 11 is 0. The summed E-state index contributed by atoms with van der Waals surface area (Å²) in [5, 5.41) is 9.18. The minimum Gasteiger partial charge on any atom is -0.500 e. The van der Waals surface area contributed by atoms with Crippen LogP contribution in [-0.2, 0) is 9.53 Å². The van der Waals surface area contributed by atoms with Gasteiger partial charge in [0.15, 0.2) is 0 Å². The van der Waals surface area contributed by atoms with Crippen LogP contribution in [0.3, 0.4) is 0 Å². The molecule has 0 bridgehead atoms. The van der Waals surface area contributed by atoms with Gasteiger partial charge < -0.3 is 14.7 Å². The number of aliphatic carboxylic acids is 1. The number of carbonyl (C=O) groups is 1. The van der Waals surface area contributed by atoms with E-state index in [9.17, 15) is 9.90 Å². The molecule has 28 heavy (non-hydrogen) atoms. The molecule has 2 aromatic carbocycles. The minimum absolute atomic E-state index is 0. The van der Waals surface area contributed by atoms with Crippen molar-refractivity contribution in [1.82, 2.24) is 4.90 Å². The number of carboxylic acids is 1. The molecule has 0 saturated carbocycles. The maximum atomic E-state index is 11.2. The fraction of sp³-hybridized carbons (Fsp3) is 0.348. The van der Waals surface area contributed by atoms with Crippen LogP contribution in [0.5, 0.6) is 0 Å². The largest absolute Gasteiger partial charge is 0.500 e. The molecule has 0 amide bonds. The van der Waals surface area contributed by atoms with E-state index in [2.05, 4.69) is 29.2 Å². The average Bonchev–Trinajstić information content (AvgIpc) is 2.72. The van der Waals surface area contributed by atoms with E-state index in [4.69, 9.17) is 4.74 Å². The van der Waals surface area contributed by atoms with E-state index in [1.54, 1.807) is 0 Å². The average molecular weight is 402 g/mol. The summed E-state index contributed by atoms with van der Waals surface area (Å²) in [5.74, 6) is -0.892. The van der Waals surface area contributed by atoms with Crippen molar-refractivity contribution < 1.29 is 14.6 Å². The third-order valence-corrected chi connectivity index (χ3v) is 4.96. The first-order valence-corrected chi connectivity index (χ1v) is 9.62. The Balaban J connectivity index is 0.00000280. The Morgan fingerprint density at radius 2 is 1.68 bits per heavy atom. The first-order chi connectivity index (χ1) is 13.2. The van der Waals surface area contributed by atoms with Crippen molar-refractivity contribution in [1.29, 1.82) is 0 Å². The number of likely N-dealkylation sites (tertiary alicyclic amines) is 1. The van der Waals surface area contributed by atoms with Crippen LogP contribution in [0.25, 0.3) is 5.57 Å². The van der Waals surface area contributed by atoms with Gasteiger partial charge in [0.05, 0.1) is 18.8 Å². The van der Waals surface area contributed by atoms with Gasteiger partial charge >= 0.3 is 5.97 Å². The topological polar surface area (TPSA) is 49.8 Å². The molecule has 0 aliphatic carbocycles. The fourth-order valence-corrected chi connectivity index (χ4v) is 3.51. The molecule has 0 unspecified atom stereocenters. The van der Waals surface area contributed by atoms with Gasteiger partial charge in [-0.25, -0.2) is 0 Å². The number of benzene rings is 2. The summed E-state index contributed by atoms with van der Waals surface area (Å²) < 4.78 is 5.86. The zero-order valence-corrected chi connectivity index (χ0v) is 16.8. The molecule has 0 radical (unpaired) electrons. The van der Waals surface area contributed by atoms with E-state index in [1.165, 1.54) is 0 Å². The smallest absolute Gasteiger partial charge is 0.307 e. The number of hydrogen-bond donors (Lipinski definition) is 1. The summed E-state index contributed by atoms with van der Waals surface area (Å²) in [4.78, 5) is 13.4. The van der Waals surface area contributed by atoms with Crippen LogP contribution in [0.15, 0.2) is 66.9 Å². The van der Waals surface area contributed by atoms with E-state index < -0.39 is 5.97 Å². The van der Waals surface area contributed by atoms with E-state index in [1.807, 2.05) is 42.7 Å². The maximum absolute atomic E-state index is 11.2. The standard InChI is InChI=1S/C23H27NO3.ClH/c25-23(26)21-13-7-14-24(17-21)15-8-16-27-18-22(19-9-3-1-4-10-19)20-11-5-2-6-12-20;/h1-6,9-12,18,21H,7-8,13-17H2,(H,25,26);1H/t21-;/m1./s1. The van der Waals surface area contributed by atoms with Crippen molar-refractivity contribution in [3.63, 3.8) is 0 Å². The molecule has 1 fully saturated rings. The number of carboxylic acid groups (broad SMARTS) is 1. The van der Waals surface area contributed by atoms with Gasteiger partial charge in [-0.3, -0.25) is 4.79 Å². The lowest BCUT2D eigenvalue weighted by molar-refractivity contribution is -0.143. The fourth-order valence-electron chi connectivity index (χ4n) is 3.51. The highest BCUT2D eigenvalue weighted by Gasteiger charge is 2.24. The highest BCUT2D eigenvalue weighted by molar-refractivity contribution is 5.85. The van der Waals surface area contributed by atoms with Crippen molar-refractivity contribution >= 4 is 23.9 Å². The Labute approximate surface area is 173 Å². The molecule has 1 saturated heterocycles. The summed E-state index contributed by atoms with van der Waals surface area (Å²) in [5.41, 5.74) is 3.33. The molecule has 0 spiro atoms. The predicted octanol–water partition coefficient (Wildman–Crippen LogP) is 4.70. The Bertz CT molecular complexity index is 707. The van der Waals surface area contributed by atoms with Gasteiger partial charge in [0.25, 0.3) is 0 Å². The Morgan fingerprint density at radius 3 is 2.25 bits per heavy atom. The Hall–Kier alpha value is -2.30. The number of piperidine rings is 1. The molecule has 0 aromatic heterocycles. The summed E-state index contributed by atoms with van der Waals surface area (Å²) in [7, 11) is 0. The van der Waals surface area contributed by atoms with E-state index in [0.717, 1.165) is 49.1 Å². The molecule has 1 heterocycles. The highest BCUT2D eigenvalue weighted by Crippen LogP contribution is 2.23. The van der Waals surface area contributed by atoms with E-state index in [-0.39, 0.29) is 18.3 Å². The summed E-state index contributed by atoms with van der Waals surface area (Å²) in [6, 6.07) is 20.5. The van der Waals surface area contributed by atoms with Gasteiger partial charge in [0.1, 0.15) is 0 Å². The molecular weight excluding hydrogens is 374 g/mol. The number of ether oxygens (including phenoxy) is 1. The Kier molecular flexibility index (Phi) is 9.05. The van der Waals surface area contributed by atoms with Crippen LogP contribution in [-0.4, -0.2) is 42.2 Å². The predicted molar refractivity (Wildman–Crippen MR) is 115 cm³/mol. The van der Waals surface area contributed by atoms with Gasteiger partial charge in [-0.15, -0.1) is 12.4 Å². The summed E-state index contributed by atoms with van der Waals surface area (Å²) in [6.45, 7) is 3.14. The van der Waals surface area contributed by atoms with Crippen LogP contribution in [0.2, 0.25) is 0 Å². The number of nitrogens with zero attached hydrogens (tertiary/aromatic N) is 1. The molecule has 1 aliphatic heterocycles. The third-order valence-electron chi connectivity index (χ3n) is 4.96. The van der Waals surface area contributed by atoms with Crippen LogP contribution < -0.4 is 0 Å². The second-order valence-electron chi connectivity index (χ2n) is 6.97. The van der Waals surface area contributed by atoms with Crippen LogP contribution >= 0.6 is 12.4 Å². The second kappa shape index (κ2) is 11.5. The molecule has 3 rings (SSSR count). The minimum atomic E-state index is -0.672. The lowest BCUT2D eigenvalue weighted by Gasteiger charge is -2.30. The lowest BCUT2D eigenvalue weighted by Crippen LogP contribution is -2.39. The summed E-state index contributed by atoms with van der Waals surface area (Å²) in [6.07, 6.45) is 4.49. The van der Waals surface area contributed by atoms with Gasteiger partial charge in [0.2, 0.25) is 0 Å². The van der Waals surface area contributed by atoms with Crippen molar-refractivity contribution in [3.05, 3.63) is 78.1 Å². The maximum Gasteiger partial charge on any atom is 0.307 e. The normalized spacial score (nSPS) is 16.6. The first-order valence-electron chi connectivity index (χ1n) is 9.62. The van der Waals surface area contributed by atoms with Gasteiger partial charge in [-0.2, -0.15) is 0 Å². The van der Waals surface area contributed by atoms with Crippen molar-refractivity contribution in [2.24, 2.45) is 5.92 Å². The van der Waals surface area contributed by atoms with Gasteiger partial charge in [-0.1, -0.05) is 60.7 Å². The number of rotatable bonds is 8. The molecule has 2 aromatic rings. The van der Waals surface area contributed by atoms with Gasteiger partial charge in [-0.05, 0) is 36.9 Å². The molecular formula is C23H28ClNO3. The van der Waals surface area contributed by atoms with Crippen molar-refractivity contribution in [2.45, 2.75) is 19.3 Å². The zero-order valence-electron chi connectivity index (χ0n) is 16.0. The second-order valence-corrected chi connectivity index (χ2v) is 6.97. The van der Waals surface area contributed by atoms with Crippen molar-refractivity contribution in [3.8, 4) is 0 Å². The van der Waals surface area contributed by atoms with E-state index >= 15 is 0 Å². The lowest BCUT2D eigenvalue weighted by atomic mass is 9.98. The molecule has 1 atom stereocenters. The zero-order chi connectivity index (χ0) is 18.9. The van der Waals surface area contributed by atoms with Crippen LogP contribution in [0.1, 0.15) is 30.4 Å². The van der Waals surface area contributed by atoms with Crippen LogP contribution in [0, 0.1) is 5.92 Å². The molecule has 1 aliphatic rings. The molecule has 1 N–H and O–H groups in total. The first kappa shape index (κ1) is 22.0. The third kappa shape index (κ3) is 6.39. The van der Waals surface area contributed by atoms with Crippen molar-refractivity contribution in [2.75, 3.05) is 26.2 Å². The highest BCUT2D eigenvalue weighted by atomic mass is 35.5.